The maximum atomic E-state index is 12.0. The molecule has 1 aromatic heterocycles. The number of hydrogen-bond acceptors (Lipinski definition) is 3. The molecule has 4 nitrogen and oxygen atoms in total. The molecule has 0 amide bonds. The van der Waals surface area contributed by atoms with Gasteiger partial charge in [-0.15, -0.1) is 0 Å². The van der Waals surface area contributed by atoms with Crippen molar-refractivity contribution in [1.29, 1.82) is 0 Å². The fraction of sp³-hybridized carbons (Fsp3) is 0.750. The molecule has 0 aliphatic carbocycles. The molecule has 1 rings (SSSR count). The lowest BCUT2D eigenvalue weighted by atomic mass is 10.1. The van der Waals surface area contributed by atoms with Crippen LogP contribution in [0.1, 0.15) is 31.5 Å². The molecular formula is C8H13F3N4. The maximum Gasteiger partial charge on any atom is 0.389 e. The minimum absolute atomic E-state index is 0.0239. The first kappa shape index (κ1) is 12.0. The molecule has 0 radical (unpaired) electrons. The highest BCUT2D eigenvalue weighted by atomic mass is 19.4. The maximum absolute atomic E-state index is 12.0. The van der Waals surface area contributed by atoms with E-state index in [1.54, 1.807) is 0 Å². The first-order valence-corrected chi connectivity index (χ1v) is 4.68. The van der Waals surface area contributed by atoms with Gasteiger partial charge in [-0.25, -0.2) is 0 Å². The van der Waals surface area contributed by atoms with E-state index >= 15 is 0 Å². The van der Waals surface area contributed by atoms with E-state index < -0.39 is 18.6 Å². The normalized spacial score (nSPS) is 14.1. The Labute approximate surface area is 85.3 Å². The number of rotatable bonds is 5. The fourth-order valence-corrected chi connectivity index (χ4v) is 1.29. The molecule has 2 N–H and O–H groups in total. The lowest BCUT2D eigenvalue weighted by Crippen LogP contribution is -2.23. The van der Waals surface area contributed by atoms with Crippen molar-refractivity contribution in [2.24, 2.45) is 0 Å². The van der Waals surface area contributed by atoms with Crippen molar-refractivity contribution >= 4 is 0 Å². The smallest absolute Gasteiger partial charge is 0.309 e. The van der Waals surface area contributed by atoms with Gasteiger partial charge in [-0.3, -0.25) is 0 Å². The number of hydrogen-bond donors (Lipinski definition) is 2. The van der Waals surface area contributed by atoms with Gasteiger partial charge in [0.05, 0.1) is 17.9 Å². The number of nitrogens with zero attached hydrogens (tertiary/aromatic N) is 2. The zero-order chi connectivity index (χ0) is 11.3. The monoisotopic (exact) mass is 222 g/mol. The summed E-state index contributed by atoms with van der Waals surface area (Å²) in [7, 11) is 0. The number of aromatic amines is 1. The van der Waals surface area contributed by atoms with Gasteiger partial charge in [0.2, 0.25) is 0 Å². The number of halogens is 3. The van der Waals surface area contributed by atoms with Crippen LogP contribution in [0.5, 0.6) is 0 Å². The molecule has 1 heterocycles. The second-order valence-electron chi connectivity index (χ2n) is 3.16. The van der Waals surface area contributed by atoms with E-state index in [1.165, 1.54) is 6.20 Å². The third-order valence-corrected chi connectivity index (χ3v) is 1.96. The summed E-state index contributed by atoms with van der Waals surface area (Å²) in [4.78, 5) is 0. The first-order chi connectivity index (χ1) is 7.03. The molecule has 1 unspecified atom stereocenters. The average Bonchev–Trinajstić information content (AvgIpc) is 2.63. The van der Waals surface area contributed by atoms with Crippen LogP contribution in [-0.4, -0.2) is 28.1 Å². The lowest BCUT2D eigenvalue weighted by molar-refractivity contribution is -0.136. The Balaban J connectivity index is 2.52. The Morgan fingerprint density at radius 3 is 2.73 bits per heavy atom. The Hall–Kier alpha value is -1.11. The number of H-pyrrole nitrogens is 1. The van der Waals surface area contributed by atoms with E-state index in [1.807, 2.05) is 6.92 Å². The van der Waals surface area contributed by atoms with E-state index in [2.05, 4.69) is 20.7 Å². The van der Waals surface area contributed by atoms with Gasteiger partial charge in [-0.1, -0.05) is 6.92 Å². The van der Waals surface area contributed by atoms with E-state index in [-0.39, 0.29) is 6.42 Å². The third-order valence-electron chi connectivity index (χ3n) is 1.96. The van der Waals surface area contributed by atoms with Gasteiger partial charge in [0.25, 0.3) is 0 Å². The third kappa shape index (κ3) is 4.28. The highest BCUT2D eigenvalue weighted by Gasteiger charge is 2.29. The van der Waals surface area contributed by atoms with Crippen LogP contribution in [-0.2, 0) is 0 Å². The van der Waals surface area contributed by atoms with E-state index in [0.29, 0.717) is 12.2 Å². The van der Waals surface area contributed by atoms with Gasteiger partial charge in [0.15, 0.2) is 0 Å². The SMILES string of the molecule is CCNC(CCC(F)(F)F)c1cn[nH]n1. The molecule has 1 aromatic rings. The van der Waals surface area contributed by atoms with E-state index in [0.717, 1.165) is 0 Å². The molecule has 0 aliphatic heterocycles. The molecule has 0 saturated heterocycles. The molecule has 0 aliphatic rings. The van der Waals surface area contributed by atoms with Crippen LogP contribution in [0.2, 0.25) is 0 Å². The van der Waals surface area contributed by atoms with Crippen molar-refractivity contribution in [2.45, 2.75) is 32.0 Å². The van der Waals surface area contributed by atoms with Crippen LogP contribution in [0.25, 0.3) is 0 Å². The van der Waals surface area contributed by atoms with Gasteiger partial charge < -0.3 is 5.32 Å². The van der Waals surface area contributed by atoms with Crippen LogP contribution in [0, 0.1) is 0 Å². The topological polar surface area (TPSA) is 53.6 Å². The van der Waals surface area contributed by atoms with Crippen molar-refractivity contribution in [2.75, 3.05) is 6.54 Å². The zero-order valence-corrected chi connectivity index (χ0v) is 8.30. The van der Waals surface area contributed by atoms with Crippen LogP contribution in [0.3, 0.4) is 0 Å². The molecular weight excluding hydrogens is 209 g/mol. The summed E-state index contributed by atoms with van der Waals surface area (Å²) in [6.45, 7) is 2.43. The van der Waals surface area contributed by atoms with Crippen molar-refractivity contribution in [1.82, 2.24) is 20.7 Å². The highest BCUT2D eigenvalue weighted by Crippen LogP contribution is 2.26. The standard InChI is InChI=1S/C8H13F3N4/c1-2-12-6(3-4-8(9,10)11)7-5-13-15-14-7/h5-6,12H,2-4H2,1H3,(H,13,14,15). The van der Waals surface area contributed by atoms with Crippen LogP contribution < -0.4 is 5.32 Å². The quantitative estimate of drug-likeness (QED) is 0.798. The predicted molar refractivity (Wildman–Crippen MR) is 48.1 cm³/mol. The van der Waals surface area contributed by atoms with Crippen LogP contribution in [0.15, 0.2) is 6.20 Å². The van der Waals surface area contributed by atoms with Crippen LogP contribution in [0.4, 0.5) is 13.2 Å². The molecule has 86 valence electrons. The summed E-state index contributed by atoms with van der Waals surface area (Å²) < 4.78 is 36.1. The molecule has 15 heavy (non-hydrogen) atoms. The minimum atomic E-state index is -4.13. The largest absolute Gasteiger partial charge is 0.389 e. The molecule has 0 bridgehead atoms. The predicted octanol–water partition coefficient (Wildman–Crippen LogP) is 1.80. The van der Waals surface area contributed by atoms with Crippen LogP contribution >= 0.6 is 0 Å². The average molecular weight is 222 g/mol. The van der Waals surface area contributed by atoms with E-state index in [4.69, 9.17) is 0 Å². The zero-order valence-electron chi connectivity index (χ0n) is 8.30. The second kappa shape index (κ2) is 5.11. The minimum Gasteiger partial charge on any atom is -0.309 e. The summed E-state index contributed by atoms with van der Waals surface area (Å²) >= 11 is 0. The Morgan fingerprint density at radius 1 is 1.53 bits per heavy atom. The molecule has 0 fully saturated rings. The van der Waals surface area contributed by atoms with Gasteiger partial charge in [0, 0.05) is 6.42 Å². The summed E-state index contributed by atoms with van der Waals surface area (Å²) in [6, 6.07) is -0.393. The Bertz CT molecular complexity index is 270. The number of alkyl halides is 3. The summed E-state index contributed by atoms with van der Waals surface area (Å²) in [5.41, 5.74) is 0.515. The summed E-state index contributed by atoms with van der Waals surface area (Å²) in [6.07, 6.45) is -3.54. The van der Waals surface area contributed by atoms with Gasteiger partial charge in [-0.05, 0) is 13.0 Å². The van der Waals surface area contributed by atoms with Gasteiger partial charge in [-0.2, -0.15) is 28.6 Å². The molecule has 1 atom stereocenters. The molecule has 7 heteroatoms. The van der Waals surface area contributed by atoms with Gasteiger partial charge in [0.1, 0.15) is 0 Å². The second-order valence-corrected chi connectivity index (χ2v) is 3.16. The number of aromatic nitrogens is 3. The fourth-order valence-electron chi connectivity index (χ4n) is 1.29. The van der Waals surface area contributed by atoms with Crippen molar-refractivity contribution < 1.29 is 13.2 Å². The number of nitrogens with one attached hydrogen (secondary N) is 2. The van der Waals surface area contributed by atoms with Gasteiger partial charge >= 0.3 is 6.18 Å². The molecule has 0 aromatic carbocycles. The lowest BCUT2D eigenvalue weighted by Gasteiger charge is -2.15. The van der Waals surface area contributed by atoms with Crippen molar-refractivity contribution in [3.8, 4) is 0 Å². The highest BCUT2D eigenvalue weighted by molar-refractivity contribution is 4.99. The molecule has 0 spiro atoms. The van der Waals surface area contributed by atoms with Crippen molar-refractivity contribution in [3.63, 3.8) is 0 Å². The summed E-state index contributed by atoms with van der Waals surface area (Å²) in [5.74, 6) is 0. The van der Waals surface area contributed by atoms with Crippen molar-refractivity contribution in [3.05, 3.63) is 11.9 Å². The Kier molecular flexibility index (Phi) is 4.07. The first-order valence-electron chi connectivity index (χ1n) is 4.68. The summed E-state index contributed by atoms with van der Waals surface area (Å²) in [5, 5.41) is 12.7. The Morgan fingerprint density at radius 2 is 2.27 bits per heavy atom. The van der Waals surface area contributed by atoms with E-state index in [9.17, 15) is 13.2 Å². The molecule has 0 saturated carbocycles.